The Labute approximate surface area is 124 Å². The fraction of sp³-hybridized carbons (Fsp3) is 0.231. The van der Waals surface area contributed by atoms with Crippen LogP contribution < -0.4 is 11.1 Å². The lowest BCUT2D eigenvalue weighted by Gasteiger charge is -2.09. The third-order valence-electron chi connectivity index (χ3n) is 2.71. The molecule has 0 aliphatic carbocycles. The molecule has 112 valence electrons. The summed E-state index contributed by atoms with van der Waals surface area (Å²) >= 11 is 5.73. The first-order chi connectivity index (χ1) is 9.84. The standard InChI is InChI=1S/C13H12ClF3N4/c14-10-7-11(21-12(18)20-10)19-6-5-8-1-3-9(4-2-8)13(15,16)17/h1-4,7H,5-6H2,(H3,18,19,20,21). The quantitative estimate of drug-likeness (QED) is 0.849. The van der Waals surface area contributed by atoms with Gasteiger partial charge in [0.25, 0.3) is 0 Å². The Balaban J connectivity index is 1.91. The van der Waals surface area contributed by atoms with Crippen molar-refractivity contribution >= 4 is 23.4 Å². The first-order valence-electron chi connectivity index (χ1n) is 6.04. The van der Waals surface area contributed by atoms with Crippen molar-refractivity contribution in [2.45, 2.75) is 12.6 Å². The smallest absolute Gasteiger partial charge is 0.370 e. The Bertz CT molecular complexity index is 594. The van der Waals surface area contributed by atoms with E-state index in [0.29, 0.717) is 18.8 Å². The van der Waals surface area contributed by atoms with Gasteiger partial charge >= 0.3 is 6.18 Å². The summed E-state index contributed by atoms with van der Waals surface area (Å²) in [5.41, 5.74) is 5.57. The van der Waals surface area contributed by atoms with Crippen LogP contribution in [0.1, 0.15) is 11.1 Å². The maximum atomic E-state index is 12.4. The molecule has 4 nitrogen and oxygen atoms in total. The number of nitrogens with one attached hydrogen (secondary N) is 1. The second-order valence-corrected chi connectivity index (χ2v) is 4.69. The molecule has 0 unspecified atom stereocenters. The first kappa shape index (κ1) is 15.4. The highest BCUT2D eigenvalue weighted by molar-refractivity contribution is 6.29. The molecular formula is C13H12ClF3N4. The molecule has 0 aliphatic rings. The maximum absolute atomic E-state index is 12.4. The number of nitrogen functional groups attached to an aromatic ring is 1. The third kappa shape index (κ3) is 4.49. The highest BCUT2D eigenvalue weighted by Gasteiger charge is 2.29. The number of rotatable bonds is 4. The molecule has 0 saturated heterocycles. The molecule has 1 heterocycles. The molecule has 0 fully saturated rings. The molecule has 0 saturated carbocycles. The third-order valence-corrected chi connectivity index (χ3v) is 2.91. The van der Waals surface area contributed by atoms with Gasteiger partial charge in [0.2, 0.25) is 5.95 Å². The largest absolute Gasteiger partial charge is 0.416 e. The van der Waals surface area contributed by atoms with Gasteiger partial charge in [-0.05, 0) is 24.1 Å². The number of benzene rings is 1. The van der Waals surface area contributed by atoms with Crippen molar-refractivity contribution in [3.63, 3.8) is 0 Å². The number of anilines is 2. The Kier molecular flexibility index (Phi) is 4.52. The van der Waals surface area contributed by atoms with Crippen molar-refractivity contribution in [3.8, 4) is 0 Å². The van der Waals surface area contributed by atoms with Crippen LogP contribution in [-0.4, -0.2) is 16.5 Å². The second-order valence-electron chi connectivity index (χ2n) is 4.31. The molecule has 2 aromatic rings. The Morgan fingerprint density at radius 3 is 2.38 bits per heavy atom. The van der Waals surface area contributed by atoms with E-state index in [-0.39, 0.29) is 11.1 Å². The van der Waals surface area contributed by atoms with E-state index in [1.54, 1.807) is 0 Å². The molecule has 0 spiro atoms. The summed E-state index contributed by atoms with van der Waals surface area (Å²) in [5.74, 6) is 0.527. The molecule has 2 rings (SSSR count). The number of halogens is 4. The van der Waals surface area contributed by atoms with Gasteiger partial charge in [0.1, 0.15) is 11.0 Å². The second kappa shape index (κ2) is 6.17. The van der Waals surface area contributed by atoms with Crippen LogP contribution in [0.4, 0.5) is 24.9 Å². The minimum Gasteiger partial charge on any atom is -0.370 e. The first-order valence-corrected chi connectivity index (χ1v) is 6.42. The van der Waals surface area contributed by atoms with E-state index in [9.17, 15) is 13.2 Å². The highest BCUT2D eigenvalue weighted by Crippen LogP contribution is 2.29. The molecule has 8 heteroatoms. The van der Waals surface area contributed by atoms with Gasteiger partial charge < -0.3 is 11.1 Å². The van der Waals surface area contributed by atoms with Crippen molar-refractivity contribution in [3.05, 3.63) is 46.6 Å². The monoisotopic (exact) mass is 316 g/mol. The van der Waals surface area contributed by atoms with Gasteiger partial charge in [0.15, 0.2) is 0 Å². The molecule has 21 heavy (non-hydrogen) atoms. The van der Waals surface area contributed by atoms with E-state index in [0.717, 1.165) is 17.7 Å². The van der Waals surface area contributed by atoms with Crippen LogP contribution in [0.3, 0.4) is 0 Å². The van der Waals surface area contributed by atoms with Crippen molar-refractivity contribution in [1.29, 1.82) is 0 Å². The zero-order valence-electron chi connectivity index (χ0n) is 10.8. The Morgan fingerprint density at radius 1 is 1.14 bits per heavy atom. The minimum atomic E-state index is -4.31. The summed E-state index contributed by atoms with van der Waals surface area (Å²) in [7, 11) is 0. The van der Waals surface area contributed by atoms with E-state index in [2.05, 4.69) is 15.3 Å². The number of hydrogen-bond acceptors (Lipinski definition) is 4. The number of hydrogen-bond donors (Lipinski definition) is 2. The van der Waals surface area contributed by atoms with E-state index in [1.165, 1.54) is 18.2 Å². The van der Waals surface area contributed by atoms with Gasteiger partial charge in [-0.15, -0.1) is 0 Å². The minimum absolute atomic E-state index is 0.0551. The number of aromatic nitrogens is 2. The van der Waals surface area contributed by atoms with Gasteiger partial charge in [-0.25, -0.2) is 4.98 Å². The summed E-state index contributed by atoms with van der Waals surface area (Å²) < 4.78 is 37.3. The molecule has 0 aliphatic heterocycles. The maximum Gasteiger partial charge on any atom is 0.416 e. The van der Waals surface area contributed by atoms with E-state index >= 15 is 0 Å². The molecule has 1 aromatic carbocycles. The predicted octanol–water partition coefficient (Wildman–Crippen LogP) is 3.39. The fourth-order valence-corrected chi connectivity index (χ4v) is 1.91. The fourth-order valence-electron chi connectivity index (χ4n) is 1.72. The topological polar surface area (TPSA) is 63.8 Å². The van der Waals surface area contributed by atoms with Crippen LogP contribution in [0.15, 0.2) is 30.3 Å². The van der Waals surface area contributed by atoms with Crippen LogP contribution in [0.25, 0.3) is 0 Å². The number of nitrogens with zero attached hydrogens (tertiary/aromatic N) is 2. The number of nitrogens with two attached hydrogens (primary N) is 1. The van der Waals surface area contributed by atoms with Gasteiger partial charge in [-0.3, -0.25) is 0 Å². The van der Waals surface area contributed by atoms with Crippen molar-refractivity contribution < 1.29 is 13.2 Å². The lowest BCUT2D eigenvalue weighted by molar-refractivity contribution is -0.137. The SMILES string of the molecule is Nc1nc(Cl)cc(NCCc2ccc(C(F)(F)F)cc2)n1. The molecule has 3 N–H and O–H groups in total. The molecule has 0 amide bonds. The van der Waals surface area contributed by atoms with Gasteiger partial charge in [0.05, 0.1) is 5.56 Å². The Hall–Kier alpha value is -2.02. The van der Waals surface area contributed by atoms with Gasteiger partial charge in [0, 0.05) is 12.6 Å². The van der Waals surface area contributed by atoms with Crippen LogP contribution in [0, 0.1) is 0 Å². The summed E-state index contributed by atoms with van der Waals surface area (Å²) in [6.45, 7) is 0.484. The van der Waals surface area contributed by atoms with Crippen molar-refractivity contribution in [2.75, 3.05) is 17.6 Å². The van der Waals surface area contributed by atoms with E-state index in [1.807, 2.05) is 0 Å². The highest BCUT2D eigenvalue weighted by atomic mass is 35.5. The molecule has 0 atom stereocenters. The lowest BCUT2D eigenvalue weighted by atomic mass is 10.1. The van der Waals surface area contributed by atoms with Crippen LogP contribution >= 0.6 is 11.6 Å². The van der Waals surface area contributed by atoms with Crippen LogP contribution in [-0.2, 0) is 12.6 Å². The van der Waals surface area contributed by atoms with E-state index < -0.39 is 11.7 Å². The zero-order valence-corrected chi connectivity index (χ0v) is 11.5. The molecule has 0 bridgehead atoms. The zero-order chi connectivity index (χ0) is 15.5. The van der Waals surface area contributed by atoms with Crippen molar-refractivity contribution in [2.24, 2.45) is 0 Å². The van der Waals surface area contributed by atoms with Gasteiger partial charge in [-0.2, -0.15) is 18.2 Å². The lowest BCUT2D eigenvalue weighted by Crippen LogP contribution is -2.09. The summed E-state index contributed by atoms with van der Waals surface area (Å²) in [6.07, 6.45) is -3.77. The summed E-state index contributed by atoms with van der Waals surface area (Å²) in [5, 5.41) is 3.20. The average molecular weight is 317 g/mol. The summed E-state index contributed by atoms with van der Waals surface area (Å²) in [4.78, 5) is 7.65. The normalized spacial score (nSPS) is 11.4. The summed E-state index contributed by atoms with van der Waals surface area (Å²) in [6, 6.07) is 6.55. The molecular weight excluding hydrogens is 305 g/mol. The van der Waals surface area contributed by atoms with Crippen LogP contribution in [0.2, 0.25) is 5.15 Å². The number of alkyl halides is 3. The molecule has 1 aromatic heterocycles. The van der Waals surface area contributed by atoms with Gasteiger partial charge in [-0.1, -0.05) is 23.7 Å². The van der Waals surface area contributed by atoms with Crippen molar-refractivity contribution in [1.82, 2.24) is 9.97 Å². The molecule has 0 radical (unpaired) electrons. The predicted molar refractivity (Wildman–Crippen MR) is 75.1 cm³/mol. The Morgan fingerprint density at radius 2 is 1.81 bits per heavy atom. The van der Waals surface area contributed by atoms with E-state index in [4.69, 9.17) is 17.3 Å². The van der Waals surface area contributed by atoms with Crippen LogP contribution in [0.5, 0.6) is 0 Å². The average Bonchev–Trinajstić information content (AvgIpc) is 2.37.